The number of amides is 1. The Morgan fingerprint density at radius 1 is 0.459 bits per heavy atom. The van der Waals surface area contributed by atoms with Gasteiger partial charge in [0.25, 0.3) is 0 Å². The molecule has 1 fully saturated rings. The van der Waals surface area contributed by atoms with Crippen LogP contribution in [0, 0.1) is 0 Å². The van der Waals surface area contributed by atoms with Gasteiger partial charge in [0.15, 0.2) is 12.4 Å². The second kappa shape index (κ2) is 61.6. The van der Waals surface area contributed by atoms with Crippen LogP contribution in [-0.2, 0) is 23.8 Å². The molecule has 0 bridgehead atoms. The summed E-state index contributed by atoms with van der Waals surface area (Å²) in [6, 6.07) is -1.03. The van der Waals surface area contributed by atoms with Crippen LogP contribution < -0.4 is 5.32 Å². The van der Waals surface area contributed by atoms with Gasteiger partial charge < -0.3 is 45.1 Å². The Kier molecular flexibility index (Phi) is 58.2. The maximum absolute atomic E-state index is 13.5. The summed E-state index contributed by atoms with van der Waals surface area (Å²) < 4.78 is 17.7. The first-order valence-corrected chi connectivity index (χ1v) is 36.1. The highest BCUT2D eigenvalue weighted by Gasteiger charge is 2.47. The highest BCUT2D eigenvalue weighted by molar-refractivity contribution is 5.80. The van der Waals surface area contributed by atoms with Crippen molar-refractivity contribution in [2.75, 3.05) is 13.2 Å². The number of hydrogen-bond donors (Lipinski definition) is 6. The molecule has 0 aromatic rings. The van der Waals surface area contributed by atoms with Crippen LogP contribution >= 0.6 is 0 Å². The summed E-state index contributed by atoms with van der Waals surface area (Å²) in [6.07, 6.45) is 68.3. The highest BCUT2D eigenvalue weighted by Crippen LogP contribution is 2.26. The van der Waals surface area contributed by atoms with Crippen LogP contribution in [0.15, 0.2) is 60.8 Å². The summed E-state index contributed by atoms with van der Waals surface area (Å²) >= 11 is 0. The van der Waals surface area contributed by atoms with Gasteiger partial charge in [-0.25, -0.2) is 0 Å². The third kappa shape index (κ3) is 48.9. The number of unbranched alkanes of at least 4 members (excludes halogenated alkanes) is 40. The minimum atomic E-state index is -1.61. The molecule has 0 radical (unpaired) electrons. The Morgan fingerprint density at radius 2 is 0.812 bits per heavy atom. The number of carbonyl (C=O) groups excluding carboxylic acids is 2. The predicted octanol–water partition coefficient (Wildman–Crippen LogP) is 18.5. The van der Waals surface area contributed by atoms with E-state index >= 15 is 0 Å². The summed E-state index contributed by atoms with van der Waals surface area (Å²) in [6.45, 7) is 5.77. The highest BCUT2D eigenvalue weighted by atomic mass is 16.7. The maximum atomic E-state index is 13.5. The van der Waals surface area contributed by atoms with E-state index in [1.54, 1.807) is 6.08 Å². The Balaban J connectivity index is 2.53. The summed E-state index contributed by atoms with van der Waals surface area (Å²) in [5.74, 6) is -1.19. The van der Waals surface area contributed by atoms with E-state index < -0.39 is 67.4 Å². The van der Waals surface area contributed by atoms with Gasteiger partial charge in [0, 0.05) is 6.42 Å². The number of esters is 1. The number of nitrogens with one attached hydrogen (secondary N) is 1. The fraction of sp³-hybridized carbons (Fsp3) is 0.838. The Labute approximate surface area is 522 Å². The number of aliphatic hydroxyl groups excluding tert-OH is 5. The van der Waals surface area contributed by atoms with E-state index in [1.165, 1.54) is 212 Å². The minimum Gasteiger partial charge on any atom is -0.454 e. The Morgan fingerprint density at radius 3 is 1.22 bits per heavy atom. The molecule has 8 unspecified atom stereocenters. The second-order valence-corrected chi connectivity index (χ2v) is 25.0. The largest absolute Gasteiger partial charge is 0.454 e. The molecule has 0 aromatic carbocycles. The Bertz CT molecular complexity index is 1620. The smallest absolute Gasteiger partial charge is 0.306 e. The molecule has 0 saturated carbocycles. The van der Waals surface area contributed by atoms with E-state index in [4.69, 9.17) is 14.2 Å². The molecule has 0 spiro atoms. The van der Waals surface area contributed by atoms with Gasteiger partial charge in [-0.2, -0.15) is 0 Å². The summed E-state index contributed by atoms with van der Waals surface area (Å²) in [5, 5.41) is 57.2. The van der Waals surface area contributed by atoms with Gasteiger partial charge in [0.1, 0.15) is 24.4 Å². The van der Waals surface area contributed by atoms with Crippen LogP contribution in [0.1, 0.15) is 335 Å². The summed E-state index contributed by atoms with van der Waals surface area (Å²) in [7, 11) is 0. The van der Waals surface area contributed by atoms with Crippen LogP contribution in [0.2, 0.25) is 0 Å². The first-order valence-electron chi connectivity index (χ1n) is 36.1. The first kappa shape index (κ1) is 80.4. The van der Waals surface area contributed by atoms with Gasteiger partial charge in [-0.05, 0) is 89.9 Å². The molecule has 1 aliphatic heterocycles. The molecule has 1 saturated heterocycles. The quantitative estimate of drug-likeness (QED) is 0.0195. The van der Waals surface area contributed by atoms with Crippen molar-refractivity contribution in [3.8, 4) is 0 Å². The normalized spacial score (nSPS) is 18.7. The van der Waals surface area contributed by atoms with Crippen molar-refractivity contribution in [2.45, 2.75) is 384 Å². The van der Waals surface area contributed by atoms with Crippen LogP contribution in [0.25, 0.3) is 0 Å². The molecule has 11 heteroatoms. The fourth-order valence-electron chi connectivity index (χ4n) is 11.2. The number of hydrogen-bond acceptors (Lipinski definition) is 10. The molecule has 1 amide bonds. The average Bonchev–Trinajstić information content (AvgIpc) is 2.90. The minimum absolute atomic E-state index is 0.124. The number of aliphatic hydroxyl groups is 5. The lowest BCUT2D eigenvalue weighted by Gasteiger charge is -2.41. The zero-order valence-corrected chi connectivity index (χ0v) is 55.2. The number of ether oxygens (including phenoxy) is 3. The molecular weight excluding hydrogens is 1060 g/mol. The molecule has 496 valence electrons. The van der Waals surface area contributed by atoms with Gasteiger partial charge in [0.05, 0.1) is 25.4 Å². The van der Waals surface area contributed by atoms with E-state index in [-0.39, 0.29) is 19.4 Å². The van der Waals surface area contributed by atoms with Crippen LogP contribution in [0.3, 0.4) is 0 Å². The van der Waals surface area contributed by atoms with Gasteiger partial charge >= 0.3 is 5.97 Å². The van der Waals surface area contributed by atoms with Crippen LogP contribution in [0.5, 0.6) is 0 Å². The predicted molar refractivity (Wildman–Crippen MR) is 356 cm³/mol. The molecule has 6 N–H and O–H groups in total. The molecule has 85 heavy (non-hydrogen) atoms. The van der Waals surface area contributed by atoms with Gasteiger partial charge in [-0.1, -0.05) is 300 Å². The molecule has 0 aromatic heterocycles. The third-order valence-electron chi connectivity index (χ3n) is 16.9. The van der Waals surface area contributed by atoms with E-state index in [9.17, 15) is 35.1 Å². The van der Waals surface area contributed by atoms with E-state index in [0.717, 1.165) is 77.0 Å². The van der Waals surface area contributed by atoms with Crippen molar-refractivity contribution in [1.82, 2.24) is 5.32 Å². The third-order valence-corrected chi connectivity index (χ3v) is 16.9. The van der Waals surface area contributed by atoms with Crippen LogP contribution in [0.4, 0.5) is 0 Å². The SMILES string of the molecule is CCCCC/C=C\C/C=C\CCCCCCCCCCCCCCCCCC(=O)OC1C(OCC(NC(=O)C(O)CCCCCCCCCCCC/C=C\C/C=C\CCCCC)C(O)/C=C/CCCCCCCCCCC)OC(CO)C(O)C1O. The van der Waals surface area contributed by atoms with E-state index in [0.29, 0.717) is 12.8 Å². The standard InChI is InChI=1S/C74H135NO10/c1-4-7-10-13-16-19-22-24-26-28-30-32-33-34-35-36-38-40-42-44-47-50-53-56-59-62-69(79)85-72-71(81)70(80)68(63-76)84-74(72)83-64-65(66(77)60-57-54-51-48-45-21-18-15-12-9-6-3)75-73(82)67(78)61-58-55-52-49-46-43-41-39-37-31-29-27-25-23-20-17-14-11-8-5-2/h16-17,19-20,24-27,57,60,65-68,70-72,74,76-78,80-81H,4-15,18,21-23,28-56,58-59,61-64H2,1-3H3,(H,75,82)/b19-16-,20-17-,26-24-,27-25-,60-57+. The van der Waals surface area contributed by atoms with Gasteiger partial charge in [-0.15, -0.1) is 0 Å². The summed E-state index contributed by atoms with van der Waals surface area (Å²) in [5.41, 5.74) is 0. The summed E-state index contributed by atoms with van der Waals surface area (Å²) in [4.78, 5) is 26.7. The molecule has 1 heterocycles. The number of allylic oxidation sites excluding steroid dienone is 9. The molecule has 8 atom stereocenters. The zero-order chi connectivity index (χ0) is 61.7. The van der Waals surface area contributed by atoms with Crippen molar-refractivity contribution in [3.05, 3.63) is 60.8 Å². The van der Waals surface area contributed by atoms with Crippen molar-refractivity contribution < 1.29 is 49.3 Å². The zero-order valence-electron chi connectivity index (χ0n) is 55.2. The lowest BCUT2D eigenvalue weighted by atomic mass is 9.99. The van der Waals surface area contributed by atoms with Gasteiger partial charge in [-0.3, -0.25) is 9.59 Å². The molecular formula is C74H135NO10. The Hall–Kier alpha value is -2.64. The van der Waals surface area contributed by atoms with E-state index in [1.807, 2.05) is 6.08 Å². The van der Waals surface area contributed by atoms with E-state index in [2.05, 4.69) is 74.7 Å². The number of rotatable bonds is 62. The second-order valence-electron chi connectivity index (χ2n) is 25.0. The van der Waals surface area contributed by atoms with Crippen LogP contribution in [-0.4, -0.2) is 99.6 Å². The average molecular weight is 1200 g/mol. The lowest BCUT2D eigenvalue weighted by Crippen LogP contribution is -2.61. The maximum Gasteiger partial charge on any atom is 0.306 e. The topological polar surface area (TPSA) is 175 Å². The van der Waals surface area contributed by atoms with Crippen molar-refractivity contribution in [1.29, 1.82) is 0 Å². The van der Waals surface area contributed by atoms with Crippen molar-refractivity contribution in [2.24, 2.45) is 0 Å². The first-order chi connectivity index (χ1) is 41.7. The molecule has 1 aliphatic rings. The fourth-order valence-corrected chi connectivity index (χ4v) is 11.2. The number of carbonyl (C=O) groups is 2. The molecule has 11 nitrogen and oxygen atoms in total. The van der Waals surface area contributed by atoms with Crippen molar-refractivity contribution >= 4 is 11.9 Å². The molecule has 0 aliphatic carbocycles. The lowest BCUT2D eigenvalue weighted by molar-refractivity contribution is -0.305. The monoisotopic (exact) mass is 1200 g/mol. The molecule has 1 rings (SSSR count). The van der Waals surface area contributed by atoms with Gasteiger partial charge in [0.2, 0.25) is 5.91 Å². The van der Waals surface area contributed by atoms with Crippen molar-refractivity contribution in [3.63, 3.8) is 0 Å².